The summed E-state index contributed by atoms with van der Waals surface area (Å²) in [6.07, 6.45) is 30.3. The highest BCUT2D eigenvalue weighted by atomic mass is 14.9. The van der Waals surface area contributed by atoms with Gasteiger partial charge in [-0.25, -0.2) is 27.4 Å². The fourth-order valence-corrected chi connectivity index (χ4v) is 16.7. The Hall–Kier alpha value is -9.78. The summed E-state index contributed by atoms with van der Waals surface area (Å²) in [5, 5.41) is 0. The minimum absolute atomic E-state index is 0.191. The Labute approximate surface area is 654 Å². The van der Waals surface area contributed by atoms with Crippen LogP contribution in [-0.4, -0.2) is 0 Å². The molecule has 0 aliphatic heterocycles. The Bertz CT molecular complexity index is 5510. The van der Waals surface area contributed by atoms with Gasteiger partial charge in [0, 0.05) is 114 Å². The molecule has 0 N–H and O–H groups in total. The third-order valence-corrected chi connectivity index (χ3v) is 22.7. The number of fused-ring (bicyclic) bond motifs is 5. The standard InChI is InChI=1S/C18H24N.3C17H20N.2C16H18N/c1-6-15-12-19(5)18(11-17(15)13(2)3)16-10-8-7-9-14(16)4;2*1-13-7-3-6-10-16(13)17-11-14-8-4-5-9-15(14)12-18(17)2;1-13-7-3-5-9-15(13)17-16-10-6-4-8-14(16)11-12-18(17)2;1-12-6-3-4-9-15(12)16-10-13-7-5-8-14(13)11-17(16)2;1-12-6-3-4-8-14(12)16-15-9-5-7-13(15)10-11-17(16)2/h7-13H,6H2,1-5H3;2*3,6-7,10-12H,4-5,8-9H2,1-2H3;3,5,7,9,11-12H,4,6,8,10H2,1-2H3;3-4,6,9-11H,5,7-8H2,1-2H3;3-4,6,8,10-11H,5,7,9H2,1-2H3/q6*+1/i2D3,6D2,13D;8D2;;;;. The van der Waals surface area contributed by atoms with Gasteiger partial charge in [-0.3, -0.25) is 0 Å². The van der Waals surface area contributed by atoms with Crippen molar-refractivity contribution >= 4 is 0 Å². The molecule has 17 rings (SSSR count). The molecule has 6 nitrogen and oxygen atoms in total. The van der Waals surface area contributed by atoms with Crippen molar-refractivity contribution in [3.05, 3.63) is 319 Å². The molecule has 12 aromatic rings. The summed E-state index contributed by atoms with van der Waals surface area (Å²) in [7, 11) is 12.5. The molecule has 6 aromatic carbocycles. The molecule has 6 heterocycles. The summed E-state index contributed by atoms with van der Waals surface area (Å²) in [5.41, 5.74) is 37.5. The Morgan fingerprint density at radius 1 is 0.336 bits per heavy atom. The Kier molecular flexibility index (Phi) is 22.3. The van der Waals surface area contributed by atoms with Gasteiger partial charge in [-0.05, 0) is 272 Å². The summed E-state index contributed by atoms with van der Waals surface area (Å²) in [6, 6.07) is 63.7. The van der Waals surface area contributed by atoms with Crippen molar-refractivity contribution in [2.75, 3.05) is 0 Å². The molecule has 6 heteroatoms. The van der Waals surface area contributed by atoms with Gasteiger partial charge in [0.25, 0.3) is 0 Å². The lowest BCUT2D eigenvalue weighted by molar-refractivity contribution is -0.661. The normalized spacial score (nSPS) is 15.9. The molecule has 0 spiro atoms. The second-order valence-corrected chi connectivity index (χ2v) is 30.4. The third kappa shape index (κ3) is 18.1. The number of aromatic nitrogens is 6. The van der Waals surface area contributed by atoms with E-state index in [-0.39, 0.29) is 11.1 Å². The first-order valence-corrected chi connectivity index (χ1v) is 39.3. The van der Waals surface area contributed by atoms with Crippen molar-refractivity contribution in [3.8, 4) is 67.5 Å². The predicted molar refractivity (Wildman–Crippen MR) is 444 cm³/mol. The highest BCUT2D eigenvalue weighted by Gasteiger charge is 2.28. The highest BCUT2D eigenvalue weighted by molar-refractivity contribution is 5.69. The maximum atomic E-state index is 8.48. The molecule has 5 aliphatic rings. The van der Waals surface area contributed by atoms with Gasteiger partial charge in [0.05, 0.1) is 0 Å². The molecule has 5 aliphatic carbocycles. The van der Waals surface area contributed by atoms with Crippen LogP contribution in [0, 0.1) is 41.5 Å². The van der Waals surface area contributed by atoms with Crippen molar-refractivity contribution in [1.29, 1.82) is 0 Å². The van der Waals surface area contributed by atoms with Gasteiger partial charge in [-0.15, -0.1) is 0 Å². The van der Waals surface area contributed by atoms with Crippen LogP contribution in [0.1, 0.15) is 189 Å². The van der Waals surface area contributed by atoms with Gasteiger partial charge in [0.1, 0.15) is 42.3 Å². The van der Waals surface area contributed by atoms with Crippen molar-refractivity contribution < 1.29 is 38.4 Å². The zero-order valence-corrected chi connectivity index (χ0v) is 66.5. The first kappa shape index (κ1) is 66.6. The zero-order valence-electron chi connectivity index (χ0n) is 74.5. The van der Waals surface area contributed by atoms with Crippen molar-refractivity contribution in [2.45, 2.75) is 190 Å². The maximum Gasteiger partial charge on any atom is 0.216 e. The lowest BCUT2D eigenvalue weighted by Crippen LogP contribution is -2.33. The SMILES string of the molecule is Cc1ccccc1-c1c2c(cc[n+]1C)CCC2.Cc1ccccc1-c1c2c(cc[n+]1C)CCCC2.Cc1ccccc1-c1cc2c(c[n+]1C)CCC2.Cc1ccccc1-c1cc2c(c[n+]1C)CCCC2.[2H]C([2H])(C)c1c[n+](C)c(-c2ccccc2C)cc1C([2H])(C)C([2H])([2H])[2H].[2H]C1([2H])CCCc2c[n+](C)c(-c3ccccc3C)cc21. The topological polar surface area (TPSA) is 23.3 Å². The van der Waals surface area contributed by atoms with Crippen LogP contribution >= 0.6 is 0 Å². The first-order chi connectivity index (χ1) is 54.8. The molecule has 6 aromatic heterocycles. The summed E-state index contributed by atoms with van der Waals surface area (Å²) < 4.78 is 77.5. The van der Waals surface area contributed by atoms with Gasteiger partial charge in [0.2, 0.25) is 34.2 Å². The number of hydrogen-bond acceptors (Lipinski definition) is 0. The van der Waals surface area contributed by atoms with Crippen LogP contribution in [0.3, 0.4) is 0 Å². The molecule has 0 bridgehead atoms. The second kappa shape index (κ2) is 35.7. The molecule has 1 unspecified atom stereocenters. The van der Waals surface area contributed by atoms with Crippen LogP contribution in [0.25, 0.3) is 67.5 Å². The van der Waals surface area contributed by atoms with Gasteiger partial charge < -0.3 is 0 Å². The predicted octanol–water partition coefficient (Wildman–Crippen LogP) is 20.2. The van der Waals surface area contributed by atoms with E-state index in [0.717, 1.165) is 46.5 Å². The van der Waals surface area contributed by atoms with Crippen LogP contribution in [0.5, 0.6) is 0 Å². The highest BCUT2D eigenvalue weighted by Crippen LogP contribution is 2.35. The third-order valence-electron chi connectivity index (χ3n) is 22.7. The van der Waals surface area contributed by atoms with E-state index in [2.05, 4.69) is 256 Å². The molecule has 0 amide bonds. The van der Waals surface area contributed by atoms with Crippen molar-refractivity contribution in [2.24, 2.45) is 42.3 Å². The average molecular weight is 1430 g/mol. The van der Waals surface area contributed by atoms with Crippen molar-refractivity contribution in [3.63, 3.8) is 0 Å². The van der Waals surface area contributed by atoms with Gasteiger partial charge >= 0.3 is 0 Å². The summed E-state index contributed by atoms with van der Waals surface area (Å²) in [5.74, 6) is -1.92. The zero-order chi connectivity index (χ0) is 82.3. The van der Waals surface area contributed by atoms with Gasteiger partial charge in [0.15, 0.2) is 37.2 Å². The fraction of sp³-hybridized carbons (Fsp3) is 0.347. The molecule has 0 saturated heterocycles. The maximum absolute atomic E-state index is 8.48. The quantitative estimate of drug-likeness (QED) is 0.135. The molecule has 107 heavy (non-hydrogen) atoms. The molecule has 0 saturated carbocycles. The second-order valence-electron chi connectivity index (χ2n) is 30.4. The number of aryl methyl sites for hydroxylation is 21. The van der Waals surface area contributed by atoms with E-state index in [4.69, 9.17) is 11.0 Å². The van der Waals surface area contributed by atoms with Crippen molar-refractivity contribution in [1.82, 2.24) is 0 Å². The van der Waals surface area contributed by atoms with Crippen LogP contribution in [-0.2, 0) is 113 Å². The van der Waals surface area contributed by atoms with E-state index in [1.165, 1.54) is 188 Å². The number of rotatable bonds is 8. The van der Waals surface area contributed by atoms with E-state index in [0.29, 0.717) is 6.42 Å². The Balaban J connectivity index is 0.000000128. The number of nitrogens with zero attached hydrogens (tertiary/aromatic N) is 6. The lowest BCUT2D eigenvalue weighted by Gasteiger charge is -2.17. The minimum Gasteiger partial charge on any atom is -0.201 e. The average Bonchev–Trinajstić information content (AvgIpc) is 1.74. The van der Waals surface area contributed by atoms with E-state index in [1.54, 1.807) is 62.8 Å². The molecular formula is C101H120N6+6. The smallest absolute Gasteiger partial charge is 0.201 e. The van der Waals surface area contributed by atoms with Gasteiger partial charge in [-0.2, -0.15) is 0 Å². The van der Waals surface area contributed by atoms with Crippen LogP contribution < -0.4 is 27.4 Å². The molecule has 0 fully saturated rings. The van der Waals surface area contributed by atoms with Gasteiger partial charge in [-0.1, -0.05) is 130 Å². The monoisotopic (exact) mass is 1430 g/mol. The van der Waals surface area contributed by atoms with Crippen LogP contribution in [0.4, 0.5) is 0 Å². The Morgan fingerprint density at radius 2 is 0.636 bits per heavy atom. The fourth-order valence-electron chi connectivity index (χ4n) is 16.7. The van der Waals surface area contributed by atoms with Crippen LogP contribution in [0.2, 0.25) is 0 Å². The molecule has 1 atom stereocenters. The molecule has 0 radical (unpaired) electrons. The van der Waals surface area contributed by atoms with E-state index >= 15 is 0 Å². The number of hydrogen-bond donors (Lipinski definition) is 0. The Morgan fingerprint density at radius 3 is 1.05 bits per heavy atom. The largest absolute Gasteiger partial charge is 0.216 e. The van der Waals surface area contributed by atoms with E-state index in [9.17, 15) is 0 Å². The van der Waals surface area contributed by atoms with Crippen LogP contribution in [0.15, 0.2) is 219 Å². The number of benzene rings is 6. The molecule has 548 valence electrons. The minimum atomic E-state index is -2.57. The van der Waals surface area contributed by atoms with E-state index < -0.39 is 25.5 Å². The summed E-state index contributed by atoms with van der Waals surface area (Å²) >= 11 is 0. The number of pyridine rings is 6. The summed E-state index contributed by atoms with van der Waals surface area (Å²) in [4.78, 5) is 0. The molecular weight excluding hydrogens is 1300 g/mol. The summed E-state index contributed by atoms with van der Waals surface area (Å²) in [6.45, 7) is 13.0. The first-order valence-electron chi connectivity index (χ1n) is 43.3. The lowest BCUT2D eigenvalue weighted by atomic mass is 9.88. The van der Waals surface area contributed by atoms with E-state index in [1.807, 2.05) is 50.4 Å².